The summed E-state index contributed by atoms with van der Waals surface area (Å²) in [5.41, 5.74) is 0.390. The van der Waals surface area contributed by atoms with Gasteiger partial charge in [-0.3, -0.25) is 4.79 Å². The van der Waals surface area contributed by atoms with E-state index >= 15 is 0 Å². The Kier molecular flexibility index (Phi) is 14.2. The van der Waals surface area contributed by atoms with Gasteiger partial charge in [0.15, 0.2) is 11.5 Å². The Balaban J connectivity index is 0.000000424. The molecular formula is C31H25Cl2F3N6O2Y-2. The monoisotopic (exact) mass is 729 g/mol. The quantitative estimate of drug-likeness (QED) is 0.183. The molecule has 2 aromatic carbocycles. The average molecular weight is 730 g/mol. The van der Waals surface area contributed by atoms with Crippen molar-refractivity contribution in [2.45, 2.75) is 13.1 Å². The van der Waals surface area contributed by atoms with Crippen LogP contribution in [0.2, 0.25) is 10.0 Å². The summed E-state index contributed by atoms with van der Waals surface area (Å²) in [7, 11) is 1.26. The van der Waals surface area contributed by atoms with Gasteiger partial charge in [0.05, 0.1) is 16.6 Å². The fourth-order valence-corrected chi connectivity index (χ4v) is 4.15. The molecule has 0 aliphatic rings. The van der Waals surface area contributed by atoms with Gasteiger partial charge in [-0.2, -0.15) is 18.3 Å². The van der Waals surface area contributed by atoms with Crippen LogP contribution >= 0.6 is 23.2 Å². The molecule has 14 heteroatoms. The largest absolute Gasteiger partial charge is 0.658 e. The van der Waals surface area contributed by atoms with Crippen LogP contribution in [0.5, 0.6) is 0 Å². The third-order valence-corrected chi connectivity index (χ3v) is 6.17. The molecule has 0 spiro atoms. The van der Waals surface area contributed by atoms with Gasteiger partial charge in [-0.25, -0.2) is 9.67 Å². The van der Waals surface area contributed by atoms with E-state index in [-0.39, 0.29) is 59.8 Å². The van der Waals surface area contributed by atoms with Crippen molar-refractivity contribution in [3.63, 3.8) is 0 Å². The van der Waals surface area contributed by atoms with Gasteiger partial charge in [-0.15, -0.1) is 25.0 Å². The fraction of sp³-hybridized carbons (Fsp3) is 0.0968. The number of nitrogens with one attached hydrogen (secondary N) is 1. The molecule has 2 heterocycles. The van der Waals surface area contributed by atoms with Crippen LogP contribution < -0.4 is 5.32 Å². The predicted octanol–water partition coefficient (Wildman–Crippen LogP) is 9.24. The molecule has 45 heavy (non-hydrogen) atoms. The number of aryl methyl sites for hydroxylation is 1. The van der Waals surface area contributed by atoms with Crippen molar-refractivity contribution >= 4 is 46.4 Å². The number of para-hydroxylation sites is 1. The smallest absolute Gasteiger partial charge is 0.435 e. The van der Waals surface area contributed by atoms with E-state index in [4.69, 9.17) is 23.2 Å². The maximum absolute atomic E-state index is 13.3. The number of allylic oxidation sites excluding steroid dienone is 3. The molecule has 1 N–H and O–H groups in total. The molecule has 4 aromatic rings. The van der Waals surface area contributed by atoms with Crippen LogP contribution in [0.1, 0.15) is 32.1 Å². The summed E-state index contributed by atoms with van der Waals surface area (Å²) in [5, 5.41) is 14.0. The second kappa shape index (κ2) is 17.1. The van der Waals surface area contributed by atoms with Crippen molar-refractivity contribution in [1.29, 1.82) is 0 Å². The van der Waals surface area contributed by atoms with Gasteiger partial charge in [0.2, 0.25) is 0 Å². The molecule has 0 fully saturated rings. The second-order valence-electron chi connectivity index (χ2n) is 8.74. The normalized spacial score (nSPS) is 10.9. The van der Waals surface area contributed by atoms with Gasteiger partial charge >= 0.3 is 6.18 Å². The van der Waals surface area contributed by atoms with Gasteiger partial charge in [0.1, 0.15) is 5.69 Å². The third kappa shape index (κ3) is 10.1. The van der Waals surface area contributed by atoms with Gasteiger partial charge in [-0.05, 0) is 36.8 Å². The minimum absolute atomic E-state index is 0. The van der Waals surface area contributed by atoms with Crippen molar-refractivity contribution in [2.24, 2.45) is 0 Å². The summed E-state index contributed by atoms with van der Waals surface area (Å²) in [6, 6.07) is 16.0. The zero-order valence-corrected chi connectivity index (χ0v) is 28.4. The van der Waals surface area contributed by atoms with Crippen LogP contribution in [0.3, 0.4) is 0 Å². The Morgan fingerprint density at radius 1 is 1.04 bits per heavy atom. The first kappa shape index (κ1) is 37.4. The van der Waals surface area contributed by atoms with E-state index in [0.717, 1.165) is 11.4 Å². The molecule has 8 nitrogen and oxygen atoms in total. The standard InChI is InChI=1S/C19H14Cl2F3N5O2.C12H12N.Y/c1-9-6-10(20)7-11(17(30)25-2)15(9)27-18(31)13-8-14(19(22,23)24)28-29(13)16-12(21)4-3-5-26-16;1-3-8-11(4-2)13-12-9-6-5-7-10-12;/h3-8H,1-2H3,(H2,25,27,30,31);3-10H,1-2H2;/q;-1;/p-1/b;11-8+;. The van der Waals surface area contributed by atoms with Crippen LogP contribution in [-0.2, 0) is 38.9 Å². The number of halogens is 5. The van der Waals surface area contributed by atoms with Crippen LogP contribution in [0.25, 0.3) is 16.5 Å². The topological polar surface area (TPSA) is 105 Å². The molecule has 0 bridgehead atoms. The van der Waals surface area contributed by atoms with E-state index in [1.54, 1.807) is 19.1 Å². The summed E-state index contributed by atoms with van der Waals surface area (Å²) < 4.78 is 40.5. The molecule has 4 rings (SSSR count). The van der Waals surface area contributed by atoms with Crippen molar-refractivity contribution in [3.05, 3.63) is 147 Å². The number of aromatic nitrogens is 3. The predicted molar refractivity (Wildman–Crippen MR) is 167 cm³/mol. The first-order chi connectivity index (χ1) is 20.9. The van der Waals surface area contributed by atoms with Crippen molar-refractivity contribution in [1.82, 2.24) is 14.8 Å². The number of hydrogen-bond acceptors (Lipinski definition) is 4. The first-order valence-corrected chi connectivity index (χ1v) is 13.4. The maximum atomic E-state index is 13.3. The number of carbonyl (C=O) groups excluding carboxylic acids is 2. The van der Waals surface area contributed by atoms with Crippen LogP contribution in [-0.4, -0.2) is 33.6 Å². The number of pyridine rings is 1. The molecule has 231 valence electrons. The summed E-state index contributed by atoms with van der Waals surface area (Å²) >= 11 is 12.0. The zero-order valence-electron chi connectivity index (χ0n) is 24.0. The minimum atomic E-state index is -4.82. The van der Waals surface area contributed by atoms with Gasteiger partial charge in [0, 0.05) is 55.6 Å². The van der Waals surface area contributed by atoms with E-state index in [1.807, 2.05) is 36.4 Å². The SMILES string of the molecule is C=C/C=C(\C=C)[N-]c1ccccc1.C[N-]C(=O)c1cc(Cl)cc(C)c1NC(=O)c1cc(C(F)(F)F)nn1-c1ncccc1Cl.[Y]. The van der Waals surface area contributed by atoms with Crippen LogP contribution in [0, 0.1) is 6.92 Å². The Hall–Kier alpha value is -3.77. The molecule has 2 aromatic heterocycles. The fourth-order valence-electron chi connectivity index (χ4n) is 3.68. The number of rotatable bonds is 8. The molecule has 0 aliphatic heterocycles. The number of hydrogen-bond donors (Lipinski definition) is 1. The molecule has 1 radical (unpaired) electrons. The molecule has 2 amide bonds. The summed E-state index contributed by atoms with van der Waals surface area (Å²) in [5.74, 6) is -1.81. The van der Waals surface area contributed by atoms with Crippen LogP contribution in [0.4, 0.5) is 24.5 Å². The number of anilines is 1. The Bertz CT molecular complexity index is 1710. The molecule has 0 saturated heterocycles. The van der Waals surface area contributed by atoms with E-state index < -0.39 is 29.4 Å². The first-order valence-electron chi connectivity index (χ1n) is 12.6. The van der Waals surface area contributed by atoms with Crippen molar-refractivity contribution in [2.75, 3.05) is 12.4 Å². The number of nitrogens with zero attached hydrogens (tertiary/aromatic N) is 5. The van der Waals surface area contributed by atoms with Gasteiger partial charge in [0.25, 0.3) is 5.91 Å². The van der Waals surface area contributed by atoms with E-state index in [2.05, 4.69) is 39.2 Å². The Morgan fingerprint density at radius 2 is 1.73 bits per heavy atom. The average Bonchev–Trinajstić information content (AvgIpc) is 3.45. The van der Waals surface area contributed by atoms with Crippen molar-refractivity contribution < 1.29 is 55.5 Å². The van der Waals surface area contributed by atoms with E-state index in [9.17, 15) is 22.8 Å². The molecule has 0 atom stereocenters. The minimum Gasteiger partial charge on any atom is -0.658 e. The Morgan fingerprint density at radius 3 is 2.31 bits per heavy atom. The van der Waals surface area contributed by atoms with Crippen molar-refractivity contribution in [3.8, 4) is 5.82 Å². The molecule has 0 unspecified atom stereocenters. The molecule has 0 aliphatic carbocycles. The number of carbonyl (C=O) groups is 2. The maximum Gasteiger partial charge on any atom is 0.435 e. The van der Waals surface area contributed by atoms with Crippen LogP contribution in [0.15, 0.2) is 104 Å². The molecular weight excluding hydrogens is 705 g/mol. The molecule has 0 saturated carbocycles. The second-order valence-corrected chi connectivity index (χ2v) is 9.58. The van der Waals surface area contributed by atoms with Gasteiger partial charge in [-0.1, -0.05) is 78.3 Å². The zero-order chi connectivity index (χ0) is 32.4. The number of amides is 2. The summed E-state index contributed by atoms with van der Waals surface area (Å²) in [6.45, 7) is 8.84. The number of alkyl halides is 3. The summed E-state index contributed by atoms with van der Waals surface area (Å²) in [4.78, 5) is 29.0. The Labute approximate surface area is 293 Å². The number of benzene rings is 2. The van der Waals surface area contributed by atoms with Gasteiger partial charge < -0.3 is 20.7 Å². The summed E-state index contributed by atoms with van der Waals surface area (Å²) in [6.07, 6.45) is 1.69. The van der Waals surface area contributed by atoms with E-state index in [1.165, 1.54) is 37.5 Å². The van der Waals surface area contributed by atoms with E-state index in [0.29, 0.717) is 16.3 Å². The third-order valence-electron chi connectivity index (χ3n) is 5.66.